The molecule has 0 amide bonds. The standard InChI is InChI=1S/C14H19N3OS/c1-9(10-4-2-3-5-10)15-8-12-16-11-6-7-19-13(11)14(18)17-12/h6-7,9-10,15H,2-5,8H2,1H3,(H,16,17,18)/t9-/m0/s1. The molecule has 0 aliphatic heterocycles. The van der Waals surface area contributed by atoms with Crippen LogP contribution in [-0.4, -0.2) is 16.0 Å². The maximum atomic E-state index is 11.8. The second-order valence-corrected chi connectivity index (χ2v) is 6.28. The van der Waals surface area contributed by atoms with Gasteiger partial charge in [0.1, 0.15) is 10.5 Å². The van der Waals surface area contributed by atoms with E-state index in [1.54, 1.807) is 0 Å². The van der Waals surface area contributed by atoms with E-state index in [2.05, 4.69) is 22.2 Å². The van der Waals surface area contributed by atoms with Crippen molar-refractivity contribution in [2.24, 2.45) is 5.92 Å². The Labute approximate surface area is 116 Å². The van der Waals surface area contributed by atoms with Crippen LogP contribution < -0.4 is 10.9 Å². The fourth-order valence-electron chi connectivity index (χ4n) is 2.89. The van der Waals surface area contributed by atoms with E-state index >= 15 is 0 Å². The molecular weight excluding hydrogens is 258 g/mol. The highest BCUT2D eigenvalue weighted by Crippen LogP contribution is 2.27. The number of hydrogen-bond acceptors (Lipinski definition) is 4. The summed E-state index contributed by atoms with van der Waals surface area (Å²) in [6, 6.07) is 2.39. The third-order valence-corrected chi connectivity index (χ3v) is 4.96. The minimum atomic E-state index is -0.0229. The number of thiophene rings is 1. The summed E-state index contributed by atoms with van der Waals surface area (Å²) in [4.78, 5) is 19.2. The molecule has 102 valence electrons. The molecule has 0 spiro atoms. The molecule has 0 radical (unpaired) electrons. The third kappa shape index (κ3) is 2.72. The lowest BCUT2D eigenvalue weighted by atomic mass is 10.00. The van der Waals surface area contributed by atoms with Crippen LogP contribution in [0.25, 0.3) is 10.2 Å². The Morgan fingerprint density at radius 2 is 2.32 bits per heavy atom. The van der Waals surface area contributed by atoms with E-state index in [9.17, 15) is 4.79 Å². The van der Waals surface area contributed by atoms with Gasteiger partial charge in [-0.3, -0.25) is 4.79 Å². The van der Waals surface area contributed by atoms with E-state index in [0.717, 1.165) is 17.3 Å². The van der Waals surface area contributed by atoms with Gasteiger partial charge in [0, 0.05) is 6.04 Å². The Bertz CT molecular complexity index is 612. The Kier molecular flexibility index (Phi) is 3.66. The minimum Gasteiger partial charge on any atom is -0.308 e. The second kappa shape index (κ2) is 5.43. The van der Waals surface area contributed by atoms with Crippen LogP contribution in [0.1, 0.15) is 38.4 Å². The third-order valence-electron chi connectivity index (χ3n) is 4.06. The summed E-state index contributed by atoms with van der Waals surface area (Å²) in [5.74, 6) is 1.51. The first kappa shape index (κ1) is 12.8. The summed E-state index contributed by atoms with van der Waals surface area (Å²) < 4.78 is 0.715. The molecule has 5 heteroatoms. The molecule has 2 aromatic heterocycles. The molecule has 1 saturated carbocycles. The average Bonchev–Trinajstić information content (AvgIpc) is 3.06. The van der Waals surface area contributed by atoms with Crippen molar-refractivity contribution >= 4 is 21.6 Å². The summed E-state index contributed by atoms with van der Waals surface area (Å²) >= 11 is 1.44. The molecular formula is C14H19N3OS. The smallest absolute Gasteiger partial charge is 0.268 e. The summed E-state index contributed by atoms with van der Waals surface area (Å²) in [7, 11) is 0. The van der Waals surface area contributed by atoms with Crippen molar-refractivity contribution < 1.29 is 0 Å². The fourth-order valence-corrected chi connectivity index (χ4v) is 3.61. The molecule has 0 aromatic carbocycles. The molecule has 2 heterocycles. The topological polar surface area (TPSA) is 57.8 Å². The van der Waals surface area contributed by atoms with E-state index in [0.29, 0.717) is 17.3 Å². The van der Waals surface area contributed by atoms with Crippen LogP contribution in [0.3, 0.4) is 0 Å². The number of fused-ring (bicyclic) bond motifs is 1. The number of aromatic nitrogens is 2. The quantitative estimate of drug-likeness (QED) is 0.903. The van der Waals surface area contributed by atoms with Gasteiger partial charge in [0.15, 0.2) is 0 Å². The molecule has 19 heavy (non-hydrogen) atoms. The highest BCUT2D eigenvalue weighted by atomic mass is 32.1. The first-order valence-corrected chi connectivity index (χ1v) is 7.82. The van der Waals surface area contributed by atoms with Crippen LogP contribution in [0.15, 0.2) is 16.2 Å². The Balaban J connectivity index is 1.69. The Morgan fingerprint density at radius 1 is 1.53 bits per heavy atom. The van der Waals surface area contributed by atoms with Crippen LogP contribution in [0, 0.1) is 5.92 Å². The largest absolute Gasteiger partial charge is 0.308 e. The highest BCUT2D eigenvalue weighted by molar-refractivity contribution is 7.17. The molecule has 4 nitrogen and oxygen atoms in total. The zero-order chi connectivity index (χ0) is 13.2. The van der Waals surface area contributed by atoms with Crippen molar-refractivity contribution in [1.29, 1.82) is 0 Å². The zero-order valence-corrected chi connectivity index (χ0v) is 11.9. The summed E-state index contributed by atoms with van der Waals surface area (Å²) in [5, 5.41) is 5.40. The predicted octanol–water partition coefficient (Wildman–Crippen LogP) is 2.65. The first-order valence-electron chi connectivity index (χ1n) is 6.94. The van der Waals surface area contributed by atoms with Crippen molar-refractivity contribution in [3.05, 3.63) is 27.6 Å². The van der Waals surface area contributed by atoms with E-state index in [-0.39, 0.29) is 5.56 Å². The molecule has 1 aliphatic rings. The van der Waals surface area contributed by atoms with Gasteiger partial charge in [-0.2, -0.15) is 0 Å². The summed E-state index contributed by atoms with van der Waals surface area (Å²) in [6.07, 6.45) is 5.35. The molecule has 1 aliphatic carbocycles. The summed E-state index contributed by atoms with van der Waals surface area (Å²) in [5.41, 5.74) is 0.782. The van der Waals surface area contributed by atoms with E-state index in [1.807, 2.05) is 11.4 Å². The minimum absolute atomic E-state index is 0.0229. The molecule has 1 fully saturated rings. The molecule has 3 rings (SSSR count). The molecule has 0 unspecified atom stereocenters. The van der Waals surface area contributed by atoms with Crippen molar-refractivity contribution in [1.82, 2.24) is 15.3 Å². The summed E-state index contributed by atoms with van der Waals surface area (Å²) in [6.45, 7) is 2.87. The average molecular weight is 277 g/mol. The molecule has 1 atom stereocenters. The maximum Gasteiger partial charge on any atom is 0.268 e. The maximum absolute atomic E-state index is 11.8. The molecule has 2 aromatic rings. The SMILES string of the molecule is C[C@H](NCc1nc2ccsc2c(=O)[nH]1)C1CCCC1. The molecule has 0 bridgehead atoms. The van der Waals surface area contributed by atoms with Crippen molar-refractivity contribution in [2.45, 2.75) is 45.2 Å². The lowest BCUT2D eigenvalue weighted by Gasteiger charge is -2.19. The number of aromatic amines is 1. The van der Waals surface area contributed by atoms with Gasteiger partial charge in [-0.25, -0.2) is 4.98 Å². The van der Waals surface area contributed by atoms with E-state index < -0.39 is 0 Å². The van der Waals surface area contributed by atoms with Crippen molar-refractivity contribution in [2.75, 3.05) is 0 Å². The van der Waals surface area contributed by atoms with E-state index in [1.165, 1.54) is 37.0 Å². The van der Waals surface area contributed by atoms with Gasteiger partial charge in [-0.1, -0.05) is 12.8 Å². The van der Waals surface area contributed by atoms with Crippen LogP contribution >= 0.6 is 11.3 Å². The number of hydrogen-bond donors (Lipinski definition) is 2. The van der Waals surface area contributed by atoms with Gasteiger partial charge in [0.25, 0.3) is 5.56 Å². The van der Waals surface area contributed by atoms with Crippen LogP contribution in [-0.2, 0) is 6.54 Å². The van der Waals surface area contributed by atoms with Gasteiger partial charge in [0.2, 0.25) is 0 Å². The fraction of sp³-hybridized carbons (Fsp3) is 0.571. The highest BCUT2D eigenvalue weighted by Gasteiger charge is 2.21. The number of rotatable bonds is 4. The van der Waals surface area contributed by atoms with Gasteiger partial charge >= 0.3 is 0 Å². The van der Waals surface area contributed by atoms with Gasteiger partial charge in [-0.15, -0.1) is 11.3 Å². The number of nitrogens with zero attached hydrogens (tertiary/aromatic N) is 1. The van der Waals surface area contributed by atoms with Crippen molar-refractivity contribution in [3.8, 4) is 0 Å². The van der Waals surface area contributed by atoms with Gasteiger partial charge in [0.05, 0.1) is 12.1 Å². The Hall–Kier alpha value is -1.20. The predicted molar refractivity (Wildman–Crippen MR) is 78.5 cm³/mol. The van der Waals surface area contributed by atoms with Crippen LogP contribution in [0.2, 0.25) is 0 Å². The molecule has 0 saturated heterocycles. The lowest BCUT2D eigenvalue weighted by molar-refractivity contribution is 0.377. The normalized spacial score (nSPS) is 18.2. The van der Waals surface area contributed by atoms with Crippen LogP contribution in [0.4, 0.5) is 0 Å². The van der Waals surface area contributed by atoms with Gasteiger partial charge in [-0.05, 0) is 37.1 Å². The van der Waals surface area contributed by atoms with Crippen LogP contribution in [0.5, 0.6) is 0 Å². The lowest BCUT2D eigenvalue weighted by Crippen LogP contribution is -2.32. The monoisotopic (exact) mass is 277 g/mol. The zero-order valence-electron chi connectivity index (χ0n) is 11.1. The van der Waals surface area contributed by atoms with E-state index in [4.69, 9.17) is 0 Å². The van der Waals surface area contributed by atoms with Crippen molar-refractivity contribution in [3.63, 3.8) is 0 Å². The molecule has 2 N–H and O–H groups in total. The Morgan fingerprint density at radius 3 is 3.11 bits per heavy atom. The number of H-pyrrole nitrogens is 1. The number of nitrogens with one attached hydrogen (secondary N) is 2. The first-order chi connectivity index (χ1) is 9.24. The second-order valence-electron chi connectivity index (χ2n) is 5.36. The van der Waals surface area contributed by atoms with Gasteiger partial charge < -0.3 is 10.3 Å².